The molecule has 1 aromatic heterocycles. The number of aromatic amines is 1. The normalized spacial score (nSPS) is 10.5. The van der Waals surface area contributed by atoms with Crippen LogP contribution in [-0.2, 0) is 11.3 Å². The molecule has 3 rings (SSSR count). The average Bonchev–Trinajstić information content (AvgIpc) is 3.02. The summed E-state index contributed by atoms with van der Waals surface area (Å²) < 4.78 is 10.8. The lowest BCUT2D eigenvalue weighted by Gasteiger charge is -2.08. The zero-order chi connectivity index (χ0) is 16.8. The van der Waals surface area contributed by atoms with E-state index in [1.807, 2.05) is 43.3 Å². The molecule has 0 fully saturated rings. The first kappa shape index (κ1) is 15.9. The second-order valence-electron chi connectivity index (χ2n) is 5.17. The van der Waals surface area contributed by atoms with Crippen LogP contribution in [-0.4, -0.2) is 29.1 Å². The summed E-state index contributed by atoms with van der Waals surface area (Å²) in [6.07, 6.45) is 0. The molecule has 1 amide bonds. The van der Waals surface area contributed by atoms with Crippen molar-refractivity contribution in [1.29, 1.82) is 0 Å². The van der Waals surface area contributed by atoms with E-state index in [-0.39, 0.29) is 12.5 Å². The Hall–Kier alpha value is -3.02. The smallest absolute Gasteiger partial charge is 0.258 e. The second kappa shape index (κ2) is 7.50. The van der Waals surface area contributed by atoms with Gasteiger partial charge >= 0.3 is 0 Å². The fourth-order valence-corrected chi connectivity index (χ4v) is 2.27. The number of aromatic nitrogens is 2. The Morgan fingerprint density at radius 3 is 2.50 bits per heavy atom. The number of ether oxygens (including phenoxy) is 2. The largest absolute Gasteiger partial charge is 0.494 e. The third-order valence-corrected chi connectivity index (χ3v) is 3.40. The van der Waals surface area contributed by atoms with Crippen LogP contribution in [0.15, 0.2) is 48.5 Å². The van der Waals surface area contributed by atoms with Crippen molar-refractivity contribution in [2.45, 2.75) is 13.5 Å². The number of hydrogen-bond acceptors (Lipinski definition) is 4. The van der Waals surface area contributed by atoms with Gasteiger partial charge in [0.2, 0.25) is 0 Å². The predicted molar refractivity (Wildman–Crippen MR) is 91.0 cm³/mol. The predicted octanol–water partition coefficient (Wildman–Crippen LogP) is 2.66. The highest BCUT2D eigenvalue weighted by Gasteiger charge is 2.06. The molecule has 24 heavy (non-hydrogen) atoms. The maximum Gasteiger partial charge on any atom is 0.258 e. The minimum atomic E-state index is -0.204. The van der Waals surface area contributed by atoms with Crippen LogP contribution < -0.4 is 14.8 Å². The van der Waals surface area contributed by atoms with Gasteiger partial charge in [0.25, 0.3) is 5.91 Å². The molecule has 2 N–H and O–H groups in total. The Morgan fingerprint density at radius 1 is 1.08 bits per heavy atom. The molecule has 3 aromatic rings. The molecule has 0 saturated heterocycles. The molecule has 0 bridgehead atoms. The van der Waals surface area contributed by atoms with Crippen molar-refractivity contribution in [1.82, 2.24) is 15.3 Å². The average molecular weight is 325 g/mol. The fraction of sp³-hybridized carbons (Fsp3) is 0.222. The van der Waals surface area contributed by atoms with Crippen LogP contribution in [0.5, 0.6) is 11.5 Å². The van der Waals surface area contributed by atoms with Gasteiger partial charge in [-0.05, 0) is 43.3 Å². The van der Waals surface area contributed by atoms with Gasteiger partial charge in [-0.1, -0.05) is 12.1 Å². The topological polar surface area (TPSA) is 76.2 Å². The molecule has 0 radical (unpaired) electrons. The molecule has 0 unspecified atom stereocenters. The maximum atomic E-state index is 11.9. The van der Waals surface area contributed by atoms with E-state index in [0.717, 1.165) is 16.8 Å². The summed E-state index contributed by atoms with van der Waals surface area (Å²) in [5.74, 6) is 1.91. The van der Waals surface area contributed by atoms with E-state index < -0.39 is 0 Å². The summed E-state index contributed by atoms with van der Waals surface area (Å²) in [6.45, 7) is 2.83. The summed E-state index contributed by atoms with van der Waals surface area (Å²) in [6, 6.07) is 14.9. The van der Waals surface area contributed by atoms with Gasteiger partial charge in [0, 0.05) is 0 Å². The van der Waals surface area contributed by atoms with Crippen LogP contribution in [0.4, 0.5) is 0 Å². The van der Waals surface area contributed by atoms with Gasteiger partial charge in [0.1, 0.15) is 17.3 Å². The summed E-state index contributed by atoms with van der Waals surface area (Å²) in [4.78, 5) is 19.4. The summed E-state index contributed by atoms with van der Waals surface area (Å²) in [5.41, 5.74) is 1.83. The monoisotopic (exact) mass is 325 g/mol. The van der Waals surface area contributed by atoms with Gasteiger partial charge in [0.15, 0.2) is 6.61 Å². The number of carbonyl (C=O) groups excluding carboxylic acids is 1. The number of imidazole rings is 1. The van der Waals surface area contributed by atoms with Crippen LogP contribution in [0, 0.1) is 0 Å². The highest BCUT2D eigenvalue weighted by molar-refractivity contribution is 5.78. The first-order chi connectivity index (χ1) is 11.7. The fourth-order valence-electron chi connectivity index (χ4n) is 2.27. The van der Waals surface area contributed by atoms with Crippen molar-refractivity contribution in [2.24, 2.45) is 0 Å². The molecular weight excluding hydrogens is 306 g/mol. The number of para-hydroxylation sites is 2. The SMILES string of the molecule is CCOc1ccc(OCC(=O)NCc2nc3ccccc3[nH]2)cc1. The zero-order valence-corrected chi connectivity index (χ0v) is 13.4. The number of rotatable bonds is 7. The molecule has 0 atom stereocenters. The number of benzene rings is 2. The minimum absolute atomic E-state index is 0.0474. The van der Waals surface area contributed by atoms with E-state index >= 15 is 0 Å². The third kappa shape index (κ3) is 4.04. The summed E-state index contributed by atoms with van der Waals surface area (Å²) in [5, 5.41) is 2.78. The van der Waals surface area contributed by atoms with E-state index in [1.165, 1.54) is 0 Å². The molecule has 1 heterocycles. The highest BCUT2D eigenvalue weighted by Crippen LogP contribution is 2.17. The lowest BCUT2D eigenvalue weighted by molar-refractivity contribution is -0.123. The molecular formula is C18H19N3O3. The minimum Gasteiger partial charge on any atom is -0.494 e. The molecule has 6 heteroatoms. The number of nitrogens with one attached hydrogen (secondary N) is 2. The lowest BCUT2D eigenvalue weighted by Crippen LogP contribution is -2.28. The molecule has 2 aromatic carbocycles. The molecule has 0 aliphatic heterocycles. The Labute approximate surface area is 139 Å². The zero-order valence-electron chi connectivity index (χ0n) is 13.4. The van der Waals surface area contributed by atoms with Crippen molar-refractivity contribution >= 4 is 16.9 Å². The lowest BCUT2D eigenvalue weighted by atomic mass is 10.3. The highest BCUT2D eigenvalue weighted by atomic mass is 16.5. The van der Waals surface area contributed by atoms with Crippen LogP contribution >= 0.6 is 0 Å². The Balaban J connectivity index is 1.47. The van der Waals surface area contributed by atoms with Crippen LogP contribution in [0.2, 0.25) is 0 Å². The second-order valence-corrected chi connectivity index (χ2v) is 5.17. The van der Waals surface area contributed by atoms with Gasteiger partial charge in [-0.3, -0.25) is 4.79 Å². The van der Waals surface area contributed by atoms with Crippen molar-refractivity contribution in [3.8, 4) is 11.5 Å². The van der Waals surface area contributed by atoms with Gasteiger partial charge in [-0.2, -0.15) is 0 Å². The number of amides is 1. The van der Waals surface area contributed by atoms with E-state index in [9.17, 15) is 4.79 Å². The standard InChI is InChI=1S/C18H19N3O3/c1-2-23-13-7-9-14(10-8-13)24-12-18(22)19-11-17-20-15-5-3-4-6-16(15)21-17/h3-10H,2,11-12H2,1H3,(H,19,22)(H,20,21). The van der Waals surface area contributed by atoms with Crippen molar-refractivity contribution in [3.05, 3.63) is 54.4 Å². The quantitative estimate of drug-likeness (QED) is 0.700. The maximum absolute atomic E-state index is 11.9. The molecule has 6 nitrogen and oxygen atoms in total. The molecule has 0 saturated carbocycles. The molecule has 124 valence electrons. The molecule has 0 aliphatic rings. The first-order valence-electron chi connectivity index (χ1n) is 7.80. The number of fused-ring (bicyclic) bond motifs is 1. The van der Waals surface area contributed by atoms with Gasteiger partial charge in [-0.15, -0.1) is 0 Å². The summed E-state index contributed by atoms with van der Waals surface area (Å²) in [7, 11) is 0. The number of hydrogen-bond donors (Lipinski definition) is 2. The number of H-pyrrole nitrogens is 1. The van der Waals surface area contributed by atoms with Crippen molar-refractivity contribution in [2.75, 3.05) is 13.2 Å². The van der Waals surface area contributed by atoms with Crippen LogP contribution in [0.1, 0.15) is 12.7 Å². The molecule has 0 spiro atoms. The van der Waals surface area contributed by atoms with Gasteiger partial charge < -0.3 is 19.8 Å². The Kier molecular flexibility index (Phi) is 4.96. The Bertz CT molecular complexity index is 779. The van der Waals surface area contributed by atoms with Crippen molar-refractivity contribution < 1.29 is 14.3 Å². The summed E-state index contributed by atoms with van der Waals surface area (Å²) >= 11 is 0. The van der Waals surface area contributed by atoms with Crippen LogP contribution in [0.3, 0.4) is 0 Å². The third-order valence-electron chi connectivity index (χ3n) is 3.40. The first-order valence-corrected chi connectivity index (χ1v) is 7.80. The Morgan fingerprint density at radius 2 is 1.79 bits per heavy atom. The van der Waals surface area contributed by atoms with E-state index in [0.29, 0.717) is 24.7 Å². The van der Waals surface area contributed by atoms with E-state index in [2.05, 4.69) is 15.3 Å². The van der Waals surface area contributed by atoms with Crippen molar-refractivity contribution in [3.63, 3.8) is 0 Å². The van der Waals surface area contributed by atoms with E-state index in [4.69, 9.17) is 9.47 Å². The molecule has 0 aliphatic carbocycles. The van der Waals surface area contributed by atoms with Gasteiger partial charge in [0.05, 0.1) is 24.2 Å². The number of carbonyl (C=O) groups is 1. The number of nitrogens with zero attached hydrogens (tertiary/aromatic N) is 1. The van der Waals surface area contributed by atoms with E-state index in [1.54, 1.807) is 12.1 Å². The van der Waals surface area contributed by atoms with Gasteiger partial charge in [-0.25, -0.2) is 4.98 Å². The van der Waals surface area contributed by atoms with Crippen LogP contribution in [0.25, 0.3) is 11.0 Å².